The van der Waals surface area contributed by atoms with Gasteiger partial charge in [-0.3, -0.25) is 0 Å². The van der Waals surface area contributed by atoms with Crippen LogP contribution in [0.4, 0.5) is 0 Å². The van der Waals surface area contributed by atoms with Gasteiger partial charge in [-0.05, 0) is 25.0 Å². The summed E-state index contributed by atoms with van der Waals surface area (Å²) in [5.74, 6) is 3.44. The Morgan fingerprint density at radius 2 is 2.29 bits per heavy atom. The van der Waals surface area contributed by atoms with Crippen molar-refractivity contribution in [1.82, 2.24) is 14.8 Å². The third kappa shape index (κ3) is 2.65. The van der Waals surface area contributed by atoms with E-state index in [4.69, 9.17) is 5.73 Å². The van der Waals surface area contributed by atoms with Crippen LogP contribution in [0, 0.1) is 0 Å². The minimum atomic E-state index is 0.281. The van der Waals surface area contributed by atoms with Crippen molar-refractivity contribution in [3.8, 4) is 0 Å². The number of hydrogen-bond donors (Lipinski definition) is 1. The van der Waals surface area contributed by atoms with Crippen molar-refractivity contribution in [2.45, 2.75) is 56.4 Å². The molecule has 1 fully saturated rings. The summed E-state index contributed by atoms with van der Waals surface area (Å²) >= 11 is 2.09. The van der Waals surface area contributed by atoms with Crippen LogP contribution in [0.3, 0.4) is 0 Å². The molecule has 2 unspecified atom stereocenters. The van der Waals surface area contributed by atoms with E-state index in [2.05, 4.69) is 26.5 Å². The molecular formula is C12H20N4S. The summed E-state index contributed by atoms with van der Waals surface area (Å²) in [7, 11) is 0. The Labute approximate surface area is 106 Å². The van der Waals surface area contributed by atoms with Crippen molar-refractivity contribution in [2.24, 2.45) is 5.73 Å². The minimum absolute atomic E-state index is 0.281. The van der Waals surface area contributed by atoms with Crippen LogP contribution in [0.2, 0.25) is 0 Å². The molecule has 5 heteroatoms. The fraction of sp³-hybridized carbons (Fsp3) is 0.833. The van der Waals surface area contributed by atoms with Gasteiger partial charge < -0.3 is 5.73 Å². The standard InChI is InChI=1S/C12H20N4S/c13-9-4-5-16-12(7-9)14-11(15-16)8-10-3-1-2-6-17-10/h9-10H,1-8,13H2. The normalized spacial score (nSPS) is 29.0. The lowest BCUT2D eigenvalue weighted by molar-refractivity contribution is 0.431. The van der Waals surface area contributed by atoms with Gasteiger partial charge in [0.1, 0.15) is 5.82 Å². The molecule has 4 nitrogen and oxygen atoms in total. The second-order valence-corrected chi connectivity index (χ2v) is 6.52. The summed E-state index contributed by atoms with van der Waals surface area (Å²) in [6.45, 7) is 0.946. The maximum atomic E-state index is 5.96. The zero-order valence-electron chi connectivity index (χ0n) is 10.1. The molecule has 0 spiro atoms. The average Bonchev–Trinajstić information content (AvgIpc) is 2.71. The van der Waals surface area contributed by atoms with Crippen LogP contribution in [-0.4, -0.2) is 31.8 Å². The van der Waals surface area contributed by atoms with Crippen LogP contribution in [0.5, 0.6) is 0 Å². The second-order valence-electron chi connectivity index (χ2n) is 5.11. The molecule has 17 heavy (non-hydrogen) atoms. The van der Waals surface area contributed by atoms with Gasteiger partial charge in [-0.25, -0.2) is 9.67 Å². The lowest BCUT2D eigenvalue weighted by atomic mass is 10.1. The monoisotopic (exact) mass is 252 g/mol. The van der Waals surface area contributed by atoms with E-state index in [1.807, 2.05) is 0 Å². The highest BCUT2D eigenvalue weighted by Crippen LogP contribution is 2.27. The van der Waals surface area contributed by atoms with Gasteiger partial charge >= 0.3 is 0 Å². The highest BCUT2D eigenvalue weighted by Gasteiger charge is 2.21. The molecule has 1 saturated heterocycles. The first kappa shape index (κ1) is 11.5. The Bertz CT molecular complexity index is 384. The molecule has 0 amide bonds. The Morgan fingerprint density at radius 3 is 3.12 bits per heavy atom. The third-order valence-corrected chi connectivity index (χ3v) is 5.03. The first-order valence-electron chi connectivity index (χ1n) is 6.61. The maximum absolute atomic E-state index is 5.96. The van der Waals surface area contributed by atoms with Gasteiger partial charge in [0, 0.05) is 30.7 Å². The zero-order valence-corrected chi connectivity index (χ0v) is 11.0. The molecule has 0 radical (unpaired) electrons. The quantitative estimate of drug-likeness (QED) is 0.864. The number of thioether (sulfide) groups is 1. The molecule has 3 rings (SSSR count). The first-order valence-corrected chi connectivity index (χ1v) is 7.66. The number of nitrogens with two attached hydrogens (primary N) is 1. The van der Waals surface area contributed by atoms with Crippen molar-refractivity contribution in [2.75, 3.05) is 5.75 Å². The third-order valence-electron chi connectivity index (χ3n) is 3.63. The molecule has 3 heterocycles. The molecule has 0 bridgehead atoms. The summed E-state index contributed by atoms with van der Waals surface area (Å²) < 4.78 is 2.06. The van der Waals surface area contributed by atoms with Crippen molar-refractivity contribution in [3.05, 3.63) is 11.6 Å². The van der Waals surface area contributed by atoms with Crippen molar-refractivity contribution in [1.29, 1.82) is 0 Å². The summed E-state index contributed by atoms with van der Waals surface area (Å²) in [6, 6.07) is 0.281. The first-order chi connectivity index (χ1) is 8.31. The highest BCUT2D eigenvalue weighted by molar-refractivity contribution is 7.99. The molecule has 2 aliphatic heterocycles. The van der Waals surface area contributed by atoms with Crippen LogP contribution < -0.4 is 5.73 Å². The summed E-state index contributed by atoms with van der Waals surface area (Å²) in [6.07, 6.45) is 7.05. The van der Waals surface area contributed by atoms with Crippen LogP contribution in [-0.2, 0) is 19.4 Å². The van der Waals surface area contributed by atoms with Crippen LogP contribution in [0.1, 0.15) is 37.3 Å². The van der Waals surface area contributed by atoms with E-state index < -0.39 is 0 Å². The predicted octanol–water partition coefficient (Wildman–Crippen LogP) is 1.38. The Morgan fingerprint density at radius 1 is 1.35 bits per heavy atom. The van der Waals surface area contributed by atoms with Gasteiger partial charge in [-0.1, -0.05) is 6.42 Å². The minimum Gasteiger partial charge on any atom is -0.327 e. The van der Waals surface area contributed by atoms with E-state index in [0.29, 0.717) is 0 Å². The lowest BCUT2D eigenvalue weighted by Crippen LogP contribution is -2.31. The molecule has 94 valence electrons. The van der Waals surface area contributed by atoms with E-state index >= 15 is 0 Å². The van der Waals surface area contributed by atoms with Crippen LogP contribution >= 0.6 is 11.8 Å². The molecule has 2 atom stereocenters. The molecule has 0 aromatic carbocycles. The number of aromatic nitrogens is 3. The van der Waals surface area contributed by atoms with Gasteiger partial charge in [0.2, 0.25) is 0 Å². The Hall–Kier alpha value is -0.550. The van der Waals surface area contributed by atoms with Gasteiger partial charge in [0.05, 0.1) is 0 Å². The van der Waals surface area contributed by atoms with E-state index in [1.165, 1.54) is 25.0 Å². The Balaban J connectivity index is 1.67. The lowest BCUT2D eigenvalue weighted by Gasteiger charge is -2.19. The molecule has 0 aliphatic carbocycles. The summed E-state index contributed by atoms with van der Waals surface area (Å²) in [4.78, 5) is 4.65. The van der Waals surface area contributed by atoms with Gasteiger partial charge in [-0.2, -0.15) is 16.9 Å². The van der Waals surface area contributed by atoms with Crippen molar-refractivity contribution < 1.29 is 0 Å². The topological polar surface area (TPSA) is 56.7 Å². The maximum Gasteiger partial charge on any atom is 0.152 e. The molecular weight excluding hydrogens is 232 g/mol. The summed E-state index contributed by atoms with van der Waals surface area (Å²) in [5.41, 5.74) is 5.96. The average molecular weight is 252 g/mol. The second kappa shape index (κ2) is 4.98. The number of nitrogens with zero attached hydrogens (tertiary/aromatic N) is 3. The smallest absolute Gasteiger partial charge is 0.152 e. The Kier molecular flexibility index (Phi) is 3.38. The van der Waals surface area contributed by atoms with Gasteiger partial charge in [0.25, 0.3) is 0 Å². The van der Waals surface area contributed by atoms with E-state index in [1.54, 1.807) is 0 Å². The predicted molar refractivity (Wildman–Crippen MR) is 70.1 cm³/mol. The SMILES string of the molecule is NC1CCn2nc(CC3CCCCS3)nc2C1. The molecule has 2 N–H and O–H groups in total. The molecule has 1 aromatic heterocycles. The zero-order chi connectivity index (χ0) is 11.7. The van der Waals surface area contributed by atoms with Crippen molar-refractivity contribution >= 4 is 11.8 Å². The van der Waals surface area contributed by atoms with E-state index in [9.17, 15) is 0 Å². The van der Waals surface area contributed by atoms with Gasteiger partial charge in [-0.15, -0.1) is 0 Å². The fourth-order valence-electron chi connectivity index (χ4n) is 2.64. The fourth-order valence-corrected chi connectivity index (χ4v) is 3.94. The van der Waals surface area contributed by atoms with Crippen LogP contribution in [0.25, 0.3) is 0 Å². The largest absolute Gasteiger partial charge is 0.327 e. The highest BCUT2D eigenvalue weighted by atomic mass is 32.2. The van der Waals surface area contributed by atoms with Gasteiger partial charge in [0.15, 0.2) is 5.82 Å². The van der Waals surface area contributed by atoms with E-state index in [-0.39, 0.29) is 6.04 Å². The van der Waals surface area contributed by atoms with E-state index in [0.717, 1.165) is 42.7 Å². The molecule has 0 saturated carbocycles. The van der Waals surface area contributed by atoms with Crippen LogP contribution in [0.15, 0.2) is 0 Å². The number of hydrogen-bond acceptors (Lipinski definition) is 4. The summed E-state index contributed by atoms with van der Waals surface area (Å²) in [5, 5.41) is 5.35. The number of fused-ring (bicyclic) bond motifs is 1. The number of aryl methyl sites for hydroxylation is 1. The molecule has 1 aromatic rings. The van der Waals surface area contributed by atoms with Crippen molar-refractivity contribution in [3.63, 3.8) is 0 Å². The number of rotatable bonds is 2. The molecule has 2 aliphatic rings.